The third-order valence-electron chi connectivity index (χ3n) is 5.26. The summed E-state index contributed by atoms with van der Waals surface area (Å²) in [5.41, 5.74) is -0.285. The van der Waals surface area contributed by atoms with E-state index in [9.17, 15) is 4.79 Å². The first-order valence-corrected chi connectivity index (χ1v) is 7.89. The normalized spacial score (nSPS) is 35.5. The van der Waals surface area contributed by atoms with Crippen molar-refractivity contribution in [3.8, 4) is 0 Å². The lowest BCUT2D eigenvalue weighted by atomic mass is 9.60. The summed E-state index contributed by atoms with van der Waals surface area (Å²) in [7, 11) is 0. The Morgan fingerprint density at radius 2 is 1.81 bits per heavy atom. The highest BCUT2D eigenvalue weighted by atomic mass is 16.6. The smallest absolute Gasteiger partial charge is 0.343 e. The van der Waals surface area contributed by atoms with E-state index in [4.69, 9.17) is 9.47 Å². The number of fused-ring (bicyclic) bond motifs is 6. The maximum atomic E-state index is 12.8. The Kier molecular flexibility index (Phi) is 3.56. The molecule has 3 atom stereocenters. The molecule has 1 aromatic rings. The molecule has 0 spiro atoms. The number of rotatable bonds is 1. The van der Waals surface area contributed by atoms with Gasteiger partial charge in [0.15, 0.2) is 5.60 Å². The van der Waals surface area contributed by atoms with Gasteiger partial charge in [-0.15, -0.1) is 0 Å². The van der Waals surface area contributed by atoms with Crippen molar-refractivity contribution in [3.63, 3.8) is 0 Å². The van der Waals surface area contributed by atoms with Crippen LogP contribution in [0.4, 0.5) is 0 Å². The number of carbonyl (C=O) groups is 1. The van der Waals surface area contributed by atoms with Crippen LogP contribution >= 0.6 is 0 Å². The van der Waals surface area contributed by atoms with E-state index in [0.29, 0.717) is 12.5 Å². The zero-order valence-electron chi connectivity index (χ0n) is 13.1. The first-order valence-electron chi connectivity index (χ1n) is 7.89. The van der Waals surface area contributed by atoms with Gasteiger partial charge in [0.2, 0.25) is 0 Å². The summed E-state index contributed by atoms with van der Waals surface area (Å²) < 4.78 is 11.8. The topological polar surface area (TPSA) is 35.5 Å². The van der Waals surface area contributed by atoms with Gasteiger partial charge in [0.25, 0.3) is 0 Å². The summed E-state index contributed by atoms with van der Waals surface area (Å²) in [5, 5.41) is 0. The van der Waals surface area contributed by atoms with Gasteiger partial charge >= 0.3 is 5.97 Å². The van der Waals surface area contributed by atoms with Crippen LogP contribution in [-0.2, 0) is 19.9 Å². The number of ether oxygens (including phenoxy) is 2. The van der Waals surface area contributed by atoms with E-state index in [1.54, 1.807) is 0 Å². The quantitative estimate of drug-likeness (QED) is 0.740. The van der Waals surface area contributed by atoms with Gasteiger partial charge in [-0.3, -0.25) is 0 Å². The van der Waals surface area contributed by atoms with Crippen molar-refractivity contribution >= 4 is 5.97 Å². The van der Waals surface area contributed by atoms with Crippen LogP contribution in [0, 0.1) is 11.3 Å². The molecule has 114 valence electrons. The highest BCUT2D eigenvalue weighted by Crippen LogP contribution is 2.58. The number of carbonyl (C=O) groups excluding carboxylic acids is 1. The molecule has 4 rings (SSSR count). The van der Waals surface area contributed by atoms with Gasteiger partial charge < -0.3 is 9.47 Å². The van der Waals surface area contributed by atoms with Crippen LogP contribution in [0.5, 0.6) is 0 Å². The Bertz CT molecular complexity index is 523. The van der Waals surface area contributed by atoms with Crippen molar-refractivity contribution in [1.29, 1.82) is 0 Å². The predicted octanol–water partition coefficient (Wildman–Crippen LogP) is 3.67. The molecule has 0 amide bonds. The van der Waals surface area contributed by atoms with Crippen LogP contribution in [-0.4, -0.2) is 18.7 Å². The van der Waals surface area contributed by atoms with Gasteiger partial charge in [-0.2, -0.15) is 0 Å². The van der Waals surface area contributed by atoms with E-state index in [2.05, 4.69) is 20.8 Å². The maximum absolute atomic E-state index is 12.8. The molecule has 3 aliphatic rings. The van der Waals surface area contributed by atoms with E-state index >= 15 is 0 Å². The molecule has 1 aromatic carbocycles. The molecule has 0 saturated carbocycles. The van der Waals surface area contributed by atoms with Crippen LogP contribution in [0.15, 0.2) is 30.3 Å². The van der Waals surface area contributed by atoms with Crippen LogP contribution in [0.2, 0.25) is 0 Å². The fourth-order valence-corrected chi connectivity index (χ4v) is 3.68. The van der Waals surface area contributed by atoms with Crippen LogP contribution in [0.25, 0.3) is 0 Å². The van der Waals surface area contributed by atoms with E-state index in [1.807, 2.05) is 30.3 Å². The SMILES string of the molecule is C[C@H]1CCOC(=O)[C@@]2(c3ccccc3)O[C@H](CC1)C2(C)C. The van der Waals surface area contributed by atoms with Crippen molar-refractivity contribution in [2.24, 2.45) is 11.3 Å². The molecular formula is C18H24O3. The molecule has 2 bridgehead atoms. The fourth-order valence-electron chi connectivity index (χ4n) is 3.68. The van der Waals surface area contributed by atoms with E-state index in [0.717, 1.165) is 24.8 Å². The predicted molar refractivity (Wildman–Crippen MR) is 80.7 cm³/mol. The summed E-state index contributed by atoms with van der Waals surface area (Å²) in [4.78, 5) is 12.8. The number of hydrogen-bond acceptors (Lipinski definition) is 3. The first kappa shape index (κ1) is 14.6. The summed E-state index contributed by atoms with van der Waals surface area (Å²) >= 11 is 0. The van der Waals surface area contributed by atoms with Crippen molar-refractivity contribution in [1.82, 2.24) is 0 Å². The van der Waals surface area contributed by atoms with E-state index in [-0.39, 0.29) is 17.5 Å². The Hall–Kier alpha value is -1.35. The van der Waals surface area contributed by atoms with Gasteiger partial charge in [0.1, 0.15) is 0 Å². The minimum atomic E-state index is -0.945. The lowest BCUT2D eigenvalue weighted by Gasteiger charge is -2.59. The summed E-state index contributed by atoms with van der Waals surface area (Å²) in [6, 6.07) is 9.79. The lowest BCUT2D eigenvalue weighted by Crippen LogP contribution is -2.68. The molecule has 21 heavy (non-hydrogen) atoms. The third kappa shape index (κ3) is 2.10. The highest BCUT2D eigenvalue weighted by molar-refractivity contribution is 5.84. The Labute approximate surface area is 126 Å². The molecule has 3 heteroatoms. The van der Waals surface area contributed by atoms with Crippen molar-refractivity contribution in [2.45, 2.75) is 51.7 Å². The number of esters is 1. The van der Waals surface area contributed by atoms with Crippen molar-refractivity contribution in [3.05, 3.63) is 35.9 Å². The van der Waals surface area contributed by atoms with Gasteiger partial charge in [0, 0.05) is 5.41 Å². The average molecular weight is 288 g/mol. The molecule has 3 fully saturated rings. The van der Waals surface area contributed by atoms with Crippen LogP contribution < -0.4 is 0 Å². The third-order valence-corrected chi connectivity index (χ3v) is 5.26. The molecule has 0 aromatic heterocycles. The second-order valence-corrected chi connectivity index (χ2v) is 6.98. The minimum Gasteiger partial charge on any atom is -0.463 e. The molecule has 0 unspecified atom stereocenters. The van der Waals surface area contributed by atoms with Crippen molar-refractivity contribution in [2.75, 3.05) is 6.61 Å². The summed E-state index contributed by atoms with van der Waals surface area (Å²) in [5.74, 6) is 0.339. The number of benzene rings is 1. The van der Waals surface area contributed by atoms with Gasteiger partial charge in [-0.05, 0) is 30.7 Å². The second-order valence-electron chi connectivity index (χ2n) is 6.98. The molecule has 0 aliphatic carbocycles. The monoisotopic (exact) mass is 288 g/mol. The zero-order valence-corrected chi connectivity index (χ0v) is 13.1. The summed E-state index contributed by atoms with van der Waals surface area (Å²) in [6.07, 6.45) is 3.18. The maximum Gasteiger partial charge on any atom is 0.343 e. The van der Waals surface area contributed by atoms with Gasteiger partial charge in [-0.25, -0.2) is 4.79 Å². The largest absolute Gasteiger partial charge is 0.463 e. The standard InChI is InChI=1S/C18H24O3/c1-13-9-10-15-17(2,3)18(21-15,16(19)20-12-11-13)14-7-5-4-6-8-14/h4-8,13,15H,9-12H2,1-3H3/t13-,15-,18-/m1/s1. The summed E-state index contributed by atoms with van der Waals surface area (Å²) in [6.45, 7) is 6.95. The molecular weight excluding hydrogens is 264 g/mol. The van der Waals surface area contributed by atoms with E-state index < -0.39 is 5.60 Å². The van der Waals surface area contributed by atoms with Crippen molar-refractivity contribution < 1.29 is 14.3 Å². The Morgan fingerprint density at radius 1 is 1.10 bits per heavy atom. The van der Waals surface area contributed by atoms with Crippen LogP contribution in [0.1, 0.15) is 45.6 Å². The highest BCUT2D eigenvalue weighted by Gasteiger charge is 2.67. The van der Waals surface area contributed by atoms with E-state index in [1.165, 1.54) is 0 Å². The molecule has 0 N–H and O–H groups in total. The number of hydrogen-bond donors (Lipinski definition) is 0. The molecule has 3 aliphatic heterocycles. The Morgan fingerprint density at radius 3 is 2.48 bits per heavy atom. The second kappa shape index (κ2) is 5.13. The molecule has 3 heterocycles. The molecule has 0 radical (unpaired) electrons. The molecule has 3 saturated heterocycles. The minimum absolute atomic E-state index is 0.116. The van der Waals surface area contributed by atoms with Gasteiger partial charge in [0.05, 0.1) is 12.7 Å². The molecule has 3 nitrogen and oxygen atoms in total. The van der Waals surface area contributed by atoms with Gasteiger partial charge in [-0.1, -0.05) is 51.1 Å². The Balaban J connectivity index is 1.99. The zero-order chi connectivity index (χ0) is 15.1. The first-order chi connectivity index (χ1) is 9.98. The fraction of sp³-hybridized carbons (Fsp3) is 0.611. The van der Waals surface area contributed by atoms with Crippen LogP contribution in [0.3, 0.4) is 0 Å². The average Bonchev–Trinajstić information content (AvgIpc) is 2.47. The lowest BCUT2D eigenvalue weighted by molar-refractivity contribution is -0.313.